The molecule has 0 spiro atoms. The number of thiocarbonyl (C=S) groups is 1. The van der Waals surface area contributed by atoms with Crippen molar-refractivity contribution in [3.8, 4) is 11.3 Å². The fourth-order valence-electron chi connectivity index (χ4n) is 3.76. The summed E-state index contributed by atoms with van der Waals surface area (Å²) >= 11 is 4.49. The minimum Gasteiger partial charge on any atom is -0.247 e. The van der Waals surface area contributed by atoms with Crippen molar-refractivity contribution < 1.29 is 4.39 Å². The number of isothiocyanates is 1. The lowest BCUT2D eigenvalue weighted by Gasteiger charge is -2.28. The maximum absolute atomic E-state index is 14.1. The predicted octanol–water partition coefficient (Wildman–Crippen LogP) is 6.09. The van der Waals surface area contributed by atoms with Gasteiger partial charge in [-0.25, -0.2) is 4.98 Å². The van der Waals surface area contributed by atoms with Crippen LogP contribution in [0.1, 0.15) is 56.9 Å². The smallest absolute Gasteiger partial charge is 0.241 e. The zero-order valence-electron chi connectivity index (χ0n) is 14.4. The number of nitrogens with zero attached hydrogens (tertiary/aromatic N) is 3. The molecule has 1 heterocycles. The third kappa shape index (κ3) is 4.36. The van der Waals surface area contributed by atoms with Gasteiger partial charge < -0.3 is 0 Å². The summed E-state index contributed by atoms with van der Waals surface area (Å²) in [5, 5.41) is 2.16. The molecule has 5 heteroatoms. The summed E-state index contributed by atoms with van der Waals surface area (Å²) in [5.41, 5.74) is 2.31. The van der Waals surface area contributed by atoms with Gasteiger partial charge in [0, 0.05) is 5.56 Å². The van der Waals surface area contributed by atoms with Gasteiger partial charge in [0.25, 0.3) is 0 Å². The predicted molar refractivity (Wildman–Crippen MR) is 102 cm³/mol. The van der Waals surface area contributed by atoms with Crippen LogP contribution in [-0.4, -0.2) is 15.1 Å². The number of hydrogen-bond acceptors (Lipinski definition) is 4. The average molecular weight is 355 g/mol. The lowest BCUT2D eigenvalue weighted by atomic mass is 9.77. The molecule has 1 aliphatic carbocycles. The van der Waals surface area contributed by atoms with Gasteiger partial charge in [-0.1, -0.05) is 44.0 Å². The second-order valence-electron chi connectivity index (χ2n) is 6.70. The van der Waals surface area contributed by atoms with Crippen LogP contribution in [0.3, 0.4) is 0 Å². The van der Waals surface area contributed by atoms with E-state index in [0.717, 1.165) is 11.5 Å². The molecule has 3 rings (SSSR count). The molecular formula is C20H22FN3S. The number of rotatable bonds is 5. The zero-order chi connectivity index (χ0) is 17.6. The minimum absolute atomic E-state index is 0.136. The van der Waals surface area contributed by atoms with Crippen LogP contribution in [0.5, 0.6) is 0 Å². The molecule has 0 amide bonds. The molecule has 1 aliphatic rings. The van der Waals surface area contributed by atoms with E-state index >= 15 is 0 Å². The van der Waals surface area contributed by atoms with Crippen molar-refractivity contribution in [1.82, 2.24) is 9.97 Å². The van der Waals surface area contributed by atoms with Gasteiger partial charge in [-0.15, -0.1) is 0 Å². The van der Waals surface area contributed by atoms with Crippen LogP contribution in [-0.2, 0) is 0 Å². The quantitative estimate of drug-likeness (QED) is 0.481. The van der Waals surface area contributed by atoms with Gasteiger partial charge in [-0.2, -0.15) is 14.4 Å². The van der Waals surface area contributed by atoms with E-state index in [1.54, 1.807) is 0 Å². The van der Waals surface area contributed by atoms with Gasteiger partial charge in [0.05, 0.1) is 11.4 Å². The third-order valence-corrected chi connectivity index (χ3v) is 5.17. The minimum atomic E-state index is -0.640. The van der Waals surface area contributed by atoms with Crippen LogP contribution in [0.25, 0.3) is 11.3 Å². The largest absolute Gasteiger partial charge is 0.247 e. The van der Waals surface area contributed by atoms with Gasteiger partial charge in [0.1, 0.15) is 5.69 Å². The molecule has 0 atom stereocenters. The van der Waals surface area contributed by atoms with Gasteiger partial charge in [0.15, 0.2) is 5.82 Å². The summed E-state index contributed by atoms with van der Waals surface area (Å²) in [6, 6.07) is 8.07. The van der Waals surface area contributed by atoms with Crippen LogP contribution in [0.2, 0.25) is 0 Å². The van der Waals surface area contributed by atoms with Crippen molar-refractivity contribution in [3.63, 3.8) is 0 Å². The van der Waals surface area contributed by atoms with E-state index in [2.05, 4.69) is 51.4 Å². The number of aliphatic imine (C=N–C) groups is 1. The van der Waals surface area contributed by atoms with Crippen molar-refractivity contribution >= 4 is 23.2 Å². The monoisotopic (exact) mass is 355 g/mol. The van der Waals surface area contributed by atoms with Crippen molar-refractivity contribution in [2.75, 3.05) is 0 Å². The number of aromatic nitrogens is 2. The van der Waals surface area contributed by atoms with Gasteiger partial charge in [-0.05, 0) is 55.3 Å². The second-order valence-corrected chi connectivity index (χ2v) is 6.88. The highest BCUT2D eigenvalue weighted by atomic mass is 32.1. The van der Waals surface area contributed by atoms with Crippen molar-refractivity contribution in [2.45, 2.75) is 51.4 Å². The first-order valence-electron chi connectivity index (χ1n) is 8.92. The summed E-state index contributed by atoms with van der Waals surface area (Å²) in [5.74, 6) is 1.02. The van der Waals surface area contributed by atoms with Crippen LogP contribution in [0.15, 0.2) is 35.5 Å². The van der Waals surface area contributed by atoms with E-state index in [9.17, 15) is 4.39 Å². The second kappa shape index (κ2) is 8.41. The Labute approximate surface area is 153 Å². The highest BCUT2D eigenvalue weighted by Crippen LogP contribution is 2.38. The Hall–Kier alpha value is -1.97. The molecule has 0 aliphatic heterocycles. The van der Waals surface area contributed by atoms with Gasteiger partial charge in [0.2, 0.25) is 5.95 Å². The lowest BCUT2D eigenvalue weighted by Crippen LogP contribution is -2.13. The SMILES string of the molecule is CCCC1CCC(c2ccc(-c3ncc(N=C=S)nc3F)cc2)CC1. The van der Waals surface area contributed by atoms with Crippen molar-refractivity contribution in [3.05, 3.63) is 42.0 Å². The molecule has 1 fully saturated rings. The summed E-state index contributed by atoms with van der Waals surface area (Å²) in [7, 11) is 0. The van der Waals surface area contributed by atoms with E-state index in [0.29, 0.717) is 5.92 Å². The van der Waals surface area contributed by atoms with Crippen LogP contribution in [0, 0.1) is 11.9 Å². The fourth-order valence-corrected chi connectivity index (χ4v) is 3.85. The van der Waals surface area contributed by atoms with Crippen molar-refractivity contribution in [2.24, 2.45) is 10.9 Å². The highest BCUT2D eigenvalue weighted by molar-refractivity contribution is 7.78. The molecule has 0 unspecified atom stereocenters. The molecular weight excluding hydrogens is 333 g/mol. The fraction of sp³-hybridized carbons (Fsp3) is 0.450. The van der Waals surface area contributed by atoms with Gasteiger partial charge in [-0.3, -0.25) is 0 Å². The summed E-state index contributed by atoms with van der Waals surface area (Å²) in [6.07, 6.45) is 9.19. The Kier molecular flexibility index (Phi) is 6.00. The normalized spacial score (nSPS) is 20.1. The van der Waals surface area contributed by atoms with E-state index in [1.165, 1.54) is 50.3 Å². The molecule has 3 nitrogen and oxygen atoms in total. The molecule has 0 N–H and O–H groups in total. The van der Waals surface area contributed by atoms with E-state index in [-0.39, 0.29) is 11.5 Å². The zero-order valence-corrected chi connectivity index (χ0v) is 15.2. The summed E-state index contributed by atoms with van der Waals surface area (Å²) in [4.78, 5) is 11.5. The maximum atomic E-state index is 14.1. The number of benzene rings is 1. The molecule has 1 aromatic heterocycles. The number of hydrogen-bond donors (Lipinski definition) is 0. The van der Waals surface area contributed by atoms with Crippen LogP contribution in [0.4, 0.5) is 10.2 Å². The molecule has 25 heavy (non-hydrogen) atoms. The Balaban J connectivity index is 1.71. The first kappa shape index (κ1) is 17.8. The topological polar surface area (TPSA) is 38.1 Å². The van der Waals surface area contributed by atoms with Crippen LogP contribution < -0.4 is 0 Å². The third-order valence-electron chi connectivity index (χ3n) is 5.08. The van der Waals surface area contributed by atoms with E-state index in [4.69, 9.17) is 0 Å². The Morgan fingerprint density at radius 2 is 1.92 bits per heavy atom. The van der Waals surface area contributed by atoms with E-state index < -0.39 is 5.95 Å². The summed E-state index contributed by atoms with van der Waals surface area (Å²) < 4.78 is 14.1. The lowest BCUT2D eigenvalue weighted by molar-refractivity contribution is 0.308. The Bertz CT molecular complexity index is 761. The van der Waals surface area contributed by atoms with E-state index in [1.807, 2.05) is 12.1 Å². The average Bonchev–Trinajstić information content (AvgIpc) is 2.63. The molecule has 1 aromatic carbocycles. The highest BCUT2D eigenvalue weighted by Gasteiger charge is 2.22. The molecule has 1 saturated carbocycles. The Morgan fingerprint density at radius 3 is 2.52 bits per heavy atom. The molecule has 2 aromatic rings. The summed E-state index contributed by atoms with van der Waals surface area (Å²) in [6.45, 7) is 2.26. The van der Waals surface area contributed by atoms with Gasteiger partial charge >= 0.3 is 0 Å². The Morgan fingerprint density at radius 1 is 1.20 bits per heavy atom. The standard InChI is InChI=1S/C20H22FN3S/c1-2-3-14-4-6-15(7-5-14)16-8-10-17(11-9-16)19-20(21)24-18(12-22-19)23-13-25/h8-12,14-15H,2-7H2,1H3. The first-order chi connectivity index (χ1) is 12.2. The van der Waals surface area contributed by atoms with Crippen molar-refractivity contribution in [1.29, 1.82) is 0 Å². The molecule has 0 radical (unpaired) electrons. The molecule has 0 bridgehead atoms. The van der Waals surface area contributed by atoms with Crippen LogP contribution >= 0.6 is 12.2 Å². The first-order valence-corrected chi connectivity index (χ1v) is 9.32. The number of halogens is 1. The molecule has 0 saturated heterocycles. The molecule has 130 valence electrons. The maximum Gasteiger partial charge on any atom is 0.241 e.